The molecule has 8 heterocycles. The maximum absolute atomic E-state index is 4.61. The predicted octanol–water partition coefficient (Wildman–Crippen LogP) is 12.2. The molecule has 0 amide bonds. The molecule has 442 valence electrons. The Morgan fingerprint density at radius 1 is 0.386 bits per heavy atom. The maximum atomic E-state index is 4.61. The molecule has 3 aliphatic rings. The van der Waals surface area contributed by atoms with E-state index in [-0.39, 0.29) is 38.0 Å². The number of halogens is 2. The number of nitrogens with zero attached hydrogens (tertiary/aromatic N) is 14. The summed E-state index contributed by atoms with van der Waals surface area (Å²) in [7, 11) is 4.61. The van der Waals surface area contributed by atoms with Crippen molar-refractivity contribution in [2.75, 3.05) is 0 Å². The number of hydrogen-bond acceptors (Lipinski definition) is 10. The van der Waals surface area contributed by atoms with Crippen molar-refractivity contribution in [3.8, 4) is 0 Å². The van der Waals surface area contributed by atoms with Gasteiger partial charge in [0.15, 0.2) is 0 Å². The van der Waals surface area contributed by atoms with Gasteiger partial charge in [0.25, 0.3) is 0 Å². The molecule has 18 heteroatoms. The molecule has 6 aromatic carbocycles. The van der Waals surface area contributed by atoms with Crippen LogP contribution in [0.2, 0.25) is 0 Å². The van der Waals surface area contributed by atoms with Crippen molar-refractivity contribution >= 4 is 56.0 Å². The van der Waals surface area contributed by atoms with Gasteiger partial charge in [0.05, 0.1) is 23.3 Å². The SMILES string of the molecule is C1=CN(Cc2ccccc2)[CH-]N1Cc1ccccc1.[Br-].[Cl][Pt+].[Pt+2].c1ccc(Cn2cc[n+](Cc3ccccc3)c2)cc1.c1ccc(N=C2[N-]C(=Nc3ccccn3)c3ccccc32)nc1.c1ccc(N=C2[N-]C(=Nc3ccccn3)c3ccccc32)nc1. The Kier molecular flexibility index (Phi) is 25.7. The van der Waals surface area contributed by atoms with Crippen molar-refractivity contribution in [3.05, 3.63) is 360 Å². The minimum absolute atomic E-state index is 0. The molecule has 0 saturated heterocycles. The molecule has 0 unspecified atom stereocenters. The molecule has 3 aliphatic heterocycles. The summed E-state index contributed by atoms with van der Waals surface area (Å²) in [5, 5.41) is 9.13. The average molecular weight is 1600 g/mol. The molecule has 0 fully saturated rings. The quantitative estimate of drug-likeness (QED) is 0.0880. The average Bonchev–Trinajstić information content (AvgIpc) is 4.25. The van der Waals surface area contributed by atoms with Gasteiger partial charge in [-0.2, -0.15) is 6.67 Å². The second-order valence-electron chi connectivity index (χ2n) is 19.3. The van der Waals surface area contributed by atoms with Crippen LogP contribution in [0.4, 0.5) is 23.3 Å². The van der Waals surface area contributed by atoms with E-state index in [9.17, 15) is 0 Å². The van der Waals surface area contributed by atoms with Crippen molar-refractivity contribution in [3.63, 3.8) is 0 Å². The third-order valence-electron chi connectivity index (χ3n) is 13.0. The molecule has 0 aliphatic carbocycles. The second kappa shape index (κ2) is 34.9. The van der Waals surface area contributed by atoms with E-state index in [0.29, 0.717) is 46.6 Å². The predicted molar refractivity (Wildman–Crippen MR) is 340 cm³/mol. The van der Waals surface area contributed by atoms with Gasteiger partial charge in [-0.15, -0.1) is 0 Å². The molecule has 0 saturated carbocycles. The van der Waals surface area contributed by atoms with Gasteiger partial charge in [0.1, 0.15) is 25.5 Å². The first-order valence-electron chi connectivity index (χ1n) is 27.6. The van der Waals surface area contributed by atoms with Crippen molar-refractivity contribution in [1.82, 2.24) is 34.3 Å². The van der Waals surface area contributed by atoms with E-state index in [0.717, 1.165) is 48.4 Å². The number of hydrogen-bond donors (Lipinski definition) is 0. The van der Waals surface area contributed by atoms with Crippen molar-refractivity contribution in [1.29, 1.82) is 0 Å². The third-order valence-corrected chi connectivity index (χ3v) is 13.0. The number of imidazole rings is 1. The van der Waals surface area contributed by atoms with E-state index >= 15 is 0 Å². The zero-order valence-electron chi connectivity index (χ0n) is 47.3. The van der Waals surface area contributed by atoms with Gasteiger partial charge in [-0.25, -0.2) is 9.13 Å². The fourth-order valence-electron chi connectivity index (χ4n) is 9.07. The number of benzene rings is 6. The number of aromatic nitrogens is 6. The van der Waals surface area contributed by atoms with Gasteiger partial charge in [-0.3, -0.25) is 19.9 Å². The summed E-state index contributed by atoms with van der Waals surface area (Å²) in [6.07, 6.45) is 17.5. The van der Waals surface area contributed by atoms with Gasteiger partial charge >= 0.3 is 49.3 Å². The summed E-state index contributed by atoms with van der Waals surface area (Å²) >= 11 is 1.61. The monoisotopic (exact) mass is 1600 g/mol. The van der Waals surface area contributed by atoms with Crippen LogP contribution in [0, 0.1) is 6.67 Å². The molecule has 5 aromatic heterocycles. The number of rotatable bonds is 12. The number of aliphatic imine (C=N–C) groups is 4. The molecule has 0 spiro atoms. The summed E-state index contributed by atoms with van der Waals surface area (Å²) in [4.78, 5) is 39.4. The Labute approximate surface area is 553 Å². The van der Waals surface area contributed by atoms with Crippen LogP contribution in [0.25, 0.3) is 10.6 Å². The first kappa shape index (κ1) is 64.9. The molecule has 14 rings (SSSR count). The van der Waals surface area contributed by atoms with Gasteiger partial charge in [0, 0.05) is 61.2 Å². The number of fused-ring (bicyclic) bond motifs is 2. The van der Waals surface area contributed by atoms with E-state index in [1.807, 2.05) is 121 Å². The van der Waals surface area contributed by atoms with Crippen molar-refractivity contribution in [2.24, 2.45) is 20.0 Å². The Morgan fingerprint density at radius 3 is 1.00 bits per heavy atom. The van der Waals surface area contributed by atoms with Crippen LogP contribution < -0.4 is 21.5 Å². The van der Waals surface area contributed by atoms with Crippen LogP contribution in [-0.2, 0) is 66.0 Å². The normalized spacial score (nSPS) is 13.9. The molecule has 0 atom stereocenters. The summed E-state index contributed by atoms with van der Waals surface area (Å²) in [6, 6.07) is 80.3. The van der Waals surface area contributed by atoms with Crippen molar-refractivity contribution in [2.45, 2.75) is 26.2 Å². The molecule has 11 aromatic rings. The van der Waals surface area contributed by atoms with Gasteiger partial charge in [-0.05, 0) is 105 Å². The minimum Gasteiger partial charge on any atom is -0.357 e. The molecule has 0 N–H and O–H groups in total. The Hall–Kier alpha value is -9.10. The van der Waals surface area contributed by atoms with E-state index in [1.54, 1.807) is 43.6 Å². The van der Waals surface area contributed by atoms with Crippen molar-refractivity contribution < 1.29 is 61.4 Å². The molecule has 0 radical (unpaired) electrons. The minimum atomic E-state index is 0. The summed E-state index contributed by atoms with van der Waals surface area (Å²) in [6.45, 7) is 5.83. The molecular weight excluding hydrogens is 1540 g/mol. The van der Waals surface area contributed by atoms with Crippen LogP contribution in [0.3, 0.4) is 0 Å². The summed E-state index contributed by atoms with van der Waals surface area (Å²) in [5.41, 5.74) is 9.10. The van der Waals surface area contributed by atoms with Crippen LogP contribution in [0.5, 0.6) is 0 Å². The molecule has 14 nitrogen and oxygen atoms in total. The zero-order valence-corrected chi connectivity index (χ0v) is 54.2. The fraction of sp³-hybridized carbons (Fsp3) is 0.0571. The first-order valence-corrected chi connectivity index (χ1v) is 30.4. The molecular formula is C70H58BrClN14Pt2. The van der Waals surface area contributed by atoms with E-state index in [2.05, 4.69) is 238 Å². The van der Waals surface area contributed by atoms with Gasteiger partial charge < -0.3 is 57.4 Å². The fourth-order valence-corrected chi connectivity index (χ4v) is 9.07. The maximum Gasteiger partial charge on any atom is 2.00 e. The smallest absolute Gasteiger partial charge is 0.357 e. The van der Waals surface area contributed by atoms with Crippen LogP contribution in [0.1, 0.15) is 44.5 Å². The topological polar surface area (TPSA) is 144 Å². The number of amidine groups is 4. The van der Waals surface area contributed by atoms with Crippen LogP contribution in [-0.4, -0.2) is 57.6 Å². The standard InChI is InChI=1S/2C18H12N5.2C17H17N2.BrH.ClH.2Pt/c2*1-2-8-14-13(7-1)17(21-15-9-3-5-11-19-15)23-18(14)22-16-10-4-6-12-20-16;2*1-3-7-16(8-4-1)13-18-11-12-19(15-18)14-17-9-5-2-6-10-17;;;;/h2*1-12H;2*1-12,15H,13-14H2;2*1H;;/q3*-1;+1;;;2*+2/p-2. The summed E-state index contributed by atoms with van der Waals surface area (Å²) in [5.74, 6) is 4.98. The Balaban J connectivity index is 0.000000150. The largest absolute Gasteiger partial charge is 2.00 e. The van der Waals surface area contributed by atoms with Crippen LogP contribution in [0.15, 0.2) is 319 Å². The molecule has 88 heavy (non-hydrogen) atoms. The van der Waals surface area contributed by atoms with E-state index in [4.69, 9.17) is 0 Å². The van der Waals surface area contributed by atoms with Gasteiger partial charge in [-0.1, -0.05) is 194 Å². The van der Waals surface area contributed by atoms with Crippen LogP contribution >= 0.6 is 9.42 Å². The molecule has 0 bridgehead atoms. The third kappa shape index (κ3) is 19.5. The van der Waals surface area contributed by atoms with E-state index < -0.39 is 0 Å². The second-order valence-corrected chi connectivity index (χ2v) is 19.3. The zero-order chi connectivity index (χ0) is 58.8. The number of pyridine rings is 4. The van der Waals surface area contributed by atoms with Gasteiger partial charge in [0.2, 0.25) is 6.33 Å². The first-order chi connectivity index (χ1) is 42.6. The van der Waals surface area contributed by atoms with E-state index in [1.165, 1.54) is 22.3 Å². The Morgan fingerprint density at radius 2 is 0.682 bits per heavy atom. The summed E-state index contributed by atoms with van der Waals surface area (Å²) < 4.78 is 4.41. The Bertz CT molecular complexity index is 3600.